The molecule has 3 rings (SSSR count). The van der Waals surface area contributed by atoms with E-state index in [1.54, 1.807) is 26.4 Å². The predicted molar refractivity (Wildman–Crippen MR) is 103 cm³/mol. The predicted octanol–water partition coefficient (Wildman–Crippen LogP) is 1.09. The third-order valence-corrected chi connectivity index (χ3v) is 4.09. The Kier molecular flexibility index (Phi) is 5.73. The Bertz CT molecular complexity index is 1020. The SMILES string of the molecule is COc1ccc(-c2ccc(=O)n(CCNC(=O)c3cn(C)nc3OC)n2)cc1. The lowest BCUT2D eigenvalue weighted by molar-refractivity contribution is 0.0948. The number of nitrogens with zero attached hydrogens (tertiary/aromatic N) is 4. The van der Waals surface area contributed by atoms with E-state index < -0.39 is 0 Å². The molecule has 1 N–H and O–H groups in total. The van der Waals surface area contributed by atoms with E-state index in [4.69, 9.17) is 9.47 Å². The second kappa shape index (κ2) is 8.38. The number of hydrogen-bond donors (Lipinski definition) is 1. The first-order valence-corrected chi connectivity index (χ1v) is 8.60. The van der Waals surface area contributed by atoms with E-state index in [0.717, 1.165) is 11.3 Å². The molecule has 1 aromatic carbocycles. The van der Waals surface area contributed by atoms with Crippen molar-refractivity contribution in [1.82, 2.24) is 24.9 Å². The lowest BCUT2D eigenvalue weighted by atomic mass is 10.1. The summed E-state index contributed by atoms with van der Waals surface area (Å²) in [6, 6.07) is 10.5. The van der Waals surface area contributed by atoms with Crippen LogP contribution in [-0.4, -0.2) is 46.2 Å². The van der Waals surface area contributed by atoms with Gasteiger partial charge < -0.3 is 14.8 Å². The van der Waals surface area contributed by atoms with E-state index in [1.807, 2.05) is 24.3 Å². The number of carbonyl (C=O) groups is 1. The van der Waals surface area contributed by atoms with Crippen LogP contribution < -0.4 is 20.3 Å². The summed E-state index contributed by atoms with van der Waals surface area (Å²) < 4.78 is 13.0. The number of aromatic nitrogens is 4. The van der Waals surface area contributed by atoms with Crippen molar-refractivity contribution < 1.29 is 14.3 Å². The second-order valence-corrected chi connectivity index (χ2v) is 5.99. The highest BCUT2D eigenvalue weighted by Gasteiger charge is 2.16. The number of aryl methyl sites for hydroxylation is 1. The lowest BCUT2D eigenvalue weighted by Gasteiger charge is -2.09. The van der Waals surface area contributed by atoms with Gasteiger partial charge >= 0.3 is 0 Å². The summed E-state index contributed by atoms with van der Waals surface area (Å²) in [6.45, 7) is 0.465. The Balaban J connectivity index is 1.68. The number of methoxy groups -OCH3 is 2. The summed E-state index contributed by atoms with van der Waals surface area (Å²) in [5, 5.41) is 11.2. The zero-order chi connectivity index (χ0) is 20.1. The first-order chi connectivity index (χ1) is 13.5. The third-order valence-electron chi connectivity index (χ3n) is 4.09. The molecule has 0 unspecified atom stereocenters. The maximum Gasteiger partial charge on any atom is 0.266 e. The first-order valence-electron chi connectivity index (χ1n) is 8.60. The van der Waals surface area contributed by atoms with E-state index in [9.17, 15) is 9.59 Å². The molecule has 1 amide bonds. The van der Waals surface area contributed by atoms with Crippen molar-refractivity contribution in [3.8, 4) is 22.9 Å². The van der Waals surface area contributed by atoms with Gasteiger partial charge in [0, 0.05) is 31.4 Å². The van der Waals surface area contributed by atoms with Crippen LogP contribution in [0.15, 0.2) is 47.4 Å². The van der Waals surface area contributed by atoms with Gasteiger partial charge in [-0.15, -0.1) is 5.10 Å². The van der Waals surface area contributed by atoms with Gasteiger partial charge in [0.1, 0.15) is 11.3 Å². The topological polar surface area (TPSA) is 100 Å². The van der Waals surface area contributed by atoms with Crippen molar-refractivity contribution in [1.29, 1.82) is 0 Å². The number of hydrogen-bond acceptors (Lipinski definition) is 6. The molecule has 0 saturated heterocycles. The number of rotatable bonds is 7. The Morgan fingerprint density at radius 2 is 1.82 bits per heavy atom. The summed E-state index contributed by atoms with van der Waals surface area (Å²) in [7, 11) is 4.75. The van der Waals surface area contributed by atoms with Crippen molar-refractivity contribution in [2.75, 3.05) is 20.8 Å². The van der Waals surface area contributed by atoms with E-state index in [1.165, 1.54) is 22.5 Å². The van der Waals surface area contributed by atoms with Crippen molar-refractivity contribution in [3.05, 3.63) is 58.5 Å². The van der Waals surface area contributed by atoms with Crippen LogP contribution in [0.5, 0.6) is 11.6 Å². The molecule has 2 heterocycles. The van der Waals surface area contributed by atoms with Gasteiger partial charge in [-0.05, 0) is 30.3 Å². The average Bonchev–Trinajstić information content (AvgIpc) is 3.10. The molecule has 0 aliphatic heterocycles. The summed E-state index contributed by atoms with van der Waals surface area (Å²) >= 11 is 0. The highest BCUT2D eigenvalue weighted by atomic mass is 16.5. The van der Waals surface area contributed by atoms with Crippen LogP contribution in [0.3, 0.4) is 0 Å². The van der Waals surface area contributed by atoms with Crippen molar-refractivity contribution >= 4 is 5.91 Å². The smallest absolute Gasteiger partial charge is 0.266 e. The van der Waals surface area contributed by atoms with Gasteiger partial charge in [-0.1, -0.05) is 0 Å². The molecule has 0 aliphatic carbocycles. The van der Waals surface area contributed by atoms with E-state index in [2.05, 4.69) is 15.5 Å². The molecule has 0 aliphatic rings. The molecule has 9 nitrogen and oxygen atoms in total. The van der Waals surface area contributed by atoms with Gasteiger partial charge in [0.25, 0.3) is 11.5 Å². The molecule has 3 aromatic rings. The van der Waals surface area contributed by atoms with Gasteiger partial charge in [-0.3, -0.25) is 14.3 Å². The van der Waals surface area contributed by atoms with Gasteiger partial charge in [-0.2, -0.15) is 5.10 Å². The summed E-state index contributed by atoms with van der Waals surface area (Å²) in [6.07, 6.45) is 1.57. The summed E-state index contributed by atoms with van der Waals surface area (Å²) in [5.41, 5.74) is 1.60. The monoisotopic (exact) mass is 383 g/mol. The molecule has 0 atom stereocenters. The zero-order valence-corrected chi connectivity index (χ0v) is 15.9. The largest absolute Gasteiger partial charge is 0.497 e. The van der Waals surface area contributed by atoms with Crippen LogP contribution in [-0.2, 0) is 13.6 Å². The minimum absolute atomic E-state index is 0.232. The molecule has 0 radical (unpaired) electrons. The number of carbonyl (C=O) groups excluding carboxylic acids is 1. The minimum atomic E-state index is -0.329. The fraction of sp³-hybridized carbons (Fsp3) is 0.263. The number of ether oxygens (including phenoxy) is 2. The summed E-state index contributed by atoms with van der Waals surface area (Å²) in [4.78, 5) is 24.4. The Labute approximate surface area is 161 Å². The molecule has 146 valence electrons. The van der Waals surface area contributed by atoms with Crippen LogP contribution in [0.4, 0.5) is 0 Å². The molecule has 0 saturated carbocycles. The maximum absolute atomic E-state index is 12.3. The molecule has 2 aromatic heterocycles. The highest BCUT2D eigenvalue weighted by Crippen LogP contribution is 2.19. The van der Waals surface area contributed by atoms with Gasteiger partial charge in [0.2, 0.25) is 5.88 Å². The van der Waals surface area contributed by atoms with Crippen molar-refractivity contribution in [2.45, 2.75) is 6.54 Å². The zero-order valence-electron chi connectivity index (χ0n) is 15.9. The quantitative estimate of drug-likeness (QED) is 0.656. The lowest BCUT2D eigenvalue weighted by Crippen LogP contribution is -2.32. The van der Waals surface area contributed by atoms with Crippen LogP contribution in [0, 0.1) is 0 Å². The number of amides is 1. The molecule has 9 heteroatoms. The molecular weight excluding hydrogens is 362 g/mol. The van der Waals surface area contributed by atoms with E-state index >= 15 is 0 Å². The maximum atomic E-state index is 12.3. The fourth-order valence-corrected chi connectivity index (χ4v) is 2.67. The summed E-state index contributed by atoms with van der Waals surface area (Å²) in [5.74, 6) is 0.659. The van der Waals surface area contributed by atoms with E-state index in [-0.39, 0.29) is 30.4 Å². The molecule has 28 heavy (non-hydrogen) atoms. The van der Waals surface area contributed by atoms with Gasteiger partial charge in [0.05, 0.1) is 26.5 Å². The van der Waals surface area contributed by atoms with Crippen LogP contribution in [0.2, 0.25) is 0 Å². The Hall–Kier alpha value is -3.62. The standard InChI is InChI=1S/C19H21N5O4/c1-23-12-15(19(22-23)28-3)18(26)20-10-11-24-17(25)9-8-16(21-24)13-4-6-14(27-2)7-5-13/h4-9,12H,10-11H2,1-3H3,(H,20,26). The Morgan fingerprint density at radius 3 is 2.50 bits per heavy atom. The average molecular weight is 383 g/mol. The van der Waals surface area contributed by atoms with Crippen molar-refractivity contribution in [2.24, 2.45) is 7.05 Å². The van der Waals surface area contributed by atoms with Crippen molar-refractivity contribution in [3.63, 3.8) is 0 Å². The van der Waals surface area contributed by atoms with Gasteiger partial charge in [-0.25, -0.2) is 4.68 Å². The number of nitrogens with one attached hydrogen (secondary N) is 1. The fourth-order valence-electron chi connectivity index (χ4n) is 2.67. The highest BCUT2D eigenvalue weighted by molar-refractivity contribution is 5.96. The molecule has 0 fully saturated rings. The minimum Gasteiger partial charge on any atom is -0.497 e. The molecule has 0 bridgehead atoms. The first kappa shape index (κ1) is 19.2. The van der Waals surface area contributed by atoms with E-state index in [0.29, 0.717) is 11.3 Å². The van der Waals surface area contributed by atoms with Crippen LogP contribution >= 0.6 is 0 Å². The normalized spacial score (nSPS) is 10.5. The Morgan fingerprint density at radius 1 is 1.07 bits per heavy atom. The number of benzene rings is 1. The molecular formula is C19H21N5O4. The van der Waals surface area contributed by atoms with Crippen LogP contribution in [0.1, 0.15) is 10.4 Å². The molecule has 0 spiro atoms. The van der Waals surface area contributed by atoms with Gasteiger partial charge in [0.15, 0.2) is 0 Å². The van der Waals surface area contributed by atoms with Crippen LogP contribution in [0.25, 0.3) is 11.3 Å². The second-order valence-electron chi connectivity index (χ2n) is 5.99. The third kappa shape index (κ3) is 4.20.